The maximum absolute atomic E-state index is 13.1. The van der Waals surface area contributed by atoms with E-state index in [1.165, 1.54) is 11.3 Å². The van der Waals surface area contributed by atoms with E-state index in [2.05, 4.69) is 24.9 Å². The second-order valence-electron chi connectivity index (χ2n) is 7.98. The van der Waals surface area contributed by atoms with Gasteiger partial charge in [-0.1, -0.05) is 12.1 Å². The molecule has 3 aromatic heterocycles. The molecule has 0 unspecified atom stereocenters. The smallest absolute Gasteiger partial charge is 0.271 e. The van der Waals surface area contributed by atoms with Gasteiger partial charge in [0.25, 0.3) is 5.56 Å². The van der Waals surface area contributed by atoms with Crippen LogP contribution in [0.15, 0.2) is 41.5 Å². The largest absolute Gasteiger partial charge is 0.497 e. The highest BCUT2D eigenvalue weighted by molar-refractivity contribution is 7.25. The zero-order valence-electron chi connectivity index (χ0n) is 16.6. The van der Waals surface area contributed by atoms with Crippen LogP contribution in [0.5, 0.6) is 5.75 Å². The predicted molar refractivity (Wildman–Crippen MR) is 114 cm³/mol. The minimum atomic E-state index is -0.215. The molecule has 0 atom stereocenters. The van der Waals surface area contributed by atoms with E-state index in [-0.39, 0.29) is 11.2 Å². The van der Waals surface area contributed by atoms with E-state index in [9.17, 15) is 4.79 Å². The lowest BCUT2D eigenvalue weighted by Crippen LogP contribution is -2.32. The molecule has 1 aromatic carbocycles. The summed E-state index contributed by atoms with van der Waals surface area (Å²) >= 11 is 1.42. The Bertz CT molecular complexity index is 1290. The molecule has 29 heavy (non-hydrogen) atoms. The lowest BCUT2D eigenvalue weighted by molar-refractivity contribution is -0.0411. The third kappa shape index (κ3) is 3.20. The maximum atomic E-state index is 13.1. The summed E-state index contributed by atoms with van der Waals surface area (Å²) in [4.78, 5) is 23.4. The summed E-state index contributed by atoms with van der Waals surface area (Å²) < 4.78 is 13.4. The van der Waals surface area contributed by atoms with E-state index in [4.69, 9.17) is 14.5 Å². The van der Waals surface area contributed by atoms with Crippen molar-refractivity contribution >= 4 is 31.8 Å². The van der Waals surface area contributed by atoms with E-state index in [0.29, 0.717) is 17.9 Å². The Balaban J connectivity index is 1.58. The van der Waals surface area contributed by atoms with Crippen molar-refractivity contribution in [3.05, 3.63) is 63.8 Å². The van der Waals surface area contributed by atoms with E-state index in [1.54, 1.807) is 18.0 Å². The quantitative estimate of drug-likeness (QED) is 0.515. The summed E-state index contributed by atoms with van der Waals surface area (Å²) in [5.41, 5.74) is 3.63. The standard InChI is InChI=1S/C22H21N3O3S/c1-22(2)9-17-14(11-28-22)8-16-18-19(29-20(16)24-17)21(26)25(12-23-18)10-13-4-6-15(27-3)7-5-13/h4-8,12H,9-11H2,1-3H3. The third-order valence-electron chi connectivity index (χ3n) is 5.33. The Morgan fingerprint density at radius 2 is 2.07 bits per heavy atom. The number of aromatic nitrogens is 3. The van der Waals surface area contributed by atoms with Crippen LogP contribution in [-0.2, 0) is 24.3 Å². The molecule has 0 saturated heterocycles. The number of nitrogens with zero attached hydrogens (tertiary/aromatic N) is 3. The van der Waals surface area contributed by atoms with Crippen LogP contribution >= 0.6 is 11.3 Å². The van der Waals surface area contributed by atoms with Gasteiger partial charge in [0, 0.05) is 17.4 Å². The molecular weight excluding hydrogens is 386 g/mol. The highest BCUT2D eigenvalue weighted by Gasteiger charge is 2.28. The lowest BCUT2D eigenvalue weighted by atomic mass is 9.95. The summed E-state index contributed by atoms with van der Waals surface area (Å²) in [6.45, 7) is 5.15. The van der Waals surface area contributed by atoms with Gasteiger partial charge in [-0.25, -0.2) is 9.97 Å². The van der Waals surface area contributed by atoms with Crippen molar-refractivity contribution in [2.24, 2.45) is 0 Å². The summed E-state index contributed by atoms with van der Waals surface area (Å²) in [7, 11) is 1.64. The molecule has 148 valence electrons. The van der Waals surface area contributed by atoms with Crippen molar-refractivity contribution in [1.82, 2.24) is 14.5 Å². The third-order valence-corrected chi connectivity index (χ3v) is 6.41. The molecule has 0 bridgehead atoms. The summed E-state index contributed by atoms with van der Waals surface area (Å²) in [6, 6.07) is 9.79. The normalized spacial score (nSPS) is 15.6. The fourth-order valence-electron chi connectivity index (χ4n) is 3.72. The van der Waals surface area contributed by atoms with Crippen LogP contribution in [0.2, 0.25) is 0 Å². The number of fused-ring (bicyclic) bond motifs is 4. The van der Waals surface area contributed by atoms with Crippen LogP contribution < -0.4 is 10.3 Å². The van der Waals surface area contributed by atoms with Crippen LogP contribution in [0.4, 0.5) is 0 Å². The van der Waals surface area contributed by atoms with Crippen LogP contribution in [0, 0.1) is 0 Å². The van der Waals surface area contributed by atoms with Crippen LogP contribution in [0.3, 0.4) is 0 Å². The number of pyridine rings is 1. The zero-order valence-corrected chi connectivity index (χ0v) is 17.4. The summed E-state index contributed by atoms with van der Waals surface area (Å²) in [6.07, 6.45) is 2.39. The van der Waals surface area contributed by atoms with Gasteiger partial charge in [-0.05, 0) is 37.6 Å². The van der Waals surface area contributed by atoms with Gasteiger partial charge in [-0.15, -0.1) is 11.3 Å². The van der Waals surface area contributed by atoms with Gasteiger partial charge in [0.2, 0.25) is 0 Å². The number of methoxy groups -OCH3 is 1. The number of thiophene rings is 1. The fourth-order valence-corrected chi connectivity index (χ4v) is 4.80. The first-order valence-electron chi connectivity index (χ1n) is 9.51. The molecule has 4 aromatic rings. The van der Waals surface area contributed by atoms with Gasteiger partial charge in [0.15, 0.2) is 0 Å². The molecule has 0 aliphatic carbocycles. The van der Waals surface area contributed by atoms with Gasteiger partial charge in [0.05, 0.1) is 43.4 Å². The summed E-state index contributed by atoms with van der Waals surface area (Å²) in [5, 5.41) is 0.931. The molecule has 5 rings (SSSR count). The molecular formula is C22H21N3O3S. The van der Waals surface area contributed by atoms with Gasteiger partial charge in [-0.3, -0.25) is 9.36 Å². The van der Waals surface area contributed by atoms with Crippen LogP contribution in [-0.4, -0.2) is 27.2 Å². The Hall–Kier alpha value is -2.77. The molecule has 0 saturated carbocycles. The maximum Gasteiger partial charge on any atom is 0.271 e. The Kier molecular flexibility index (Phi) is 4.18. The van der Waals surface area contributed by atoms with Gasteiger partial charge >= 0.3 is 0 Å². The number of ether oxygens (including phenoxy) is 2. The Labute approximate surface area is 171 Å². The first kappa shape index (κ1) is 18.3. The topological polar surface area (TPSA) is 66.2 Å². The SMILES string of the molecule is COc1ccc(Cn2cnc3c(sc4nc5c(cc43)COC(C)(C)C5)c2=O)cc1. The highest BCUT2D eigenvalue weighted by atomic mass is 32.1. The van der Waals surface area contributed by atoms with Crippen molar-refractivity contribution in [3.63, 3.8) is 0 Å². The first-order valence-corrected chi connectivity index (χ1v) is 10.3. The number of benzene rings is 1. The van der Waals surface area contributed by atoms with Crippen LogP contribution in [0.25, 0.3) is 20.4 Å². The monoisotopic (exact) mass is 407 g/mol. The first-order chi connectivity index (χ1) is 13.9. The predicted octanol–water partition coefficient (Wildman–Crippen LogP) is 3.91. The van der Waals surface area contributed by atoms with Crippen molar-refractivity contribution in [1.29, 1.82) is 0 Å². The Morgan fingerprint density at radius 3 is 2.83 bits per heavy atom. The van der Waals surface area contributed by atoms with Gasteiger partial charge in [-0.2, -0.15) is 0 Å². The molecule has 1 aliphatic heterocycles. The number of rotatable bonds is 3. The highest BCUT2D eigenvalue weighted by Crippen LogP contribution is 2.34. The van der Waals surface area contributed by atoms with E-state index >= 15 is 0 Å². The van der Waals surface area contributed by atoms with E-state index in [0.717, 1.165) is 44.7 Å². The summed E-state index contributed by atoms with van der Waals surface area (Å²) in [5.74, 6) is 0.793. The lowest BCUT2D eigenvalue weighted by Gasteiger charge is -2.30. The minimum absolute atomic E-state index is 0.0385. The molecule has 1 aliphatic rings. The molecule has 7 heteroatoms. The average molecular weight is 407 g/mol. The van der Waals surface area contributed by atoms with Crippen molar-refractivity contribution in [3.8, 4) is 5.75 Å². The average Bonchev–Trinajstić information content (AvgIpc) is 3.06. The van der Waals surface area contributed by atoms with Crippen LogP contribution in [0.1, 0.15) is 30.7 Å². The van der Waals surface area contributed by atoms with Gasteiger partial charge in [0.1, 0.15) is 15.3 Å². The van der Waals surface area contributed by atoms with Gasteiger partial charge < -0.3 is 9.47 Å². The van der Waals surface area contributed by atoms with E-state index in [1.807, 2.05) is 24.3 Å². The number of hydrogen-bond donors (Lipinski definition) is 0. The van der Waals surface area contributed by atoms with Crippen molar-refractivity contribution < 1.29 is 9.47 Å². The molecule has 0 fully saturated rings. The minimum Gasteiger partial charge on any atom is -0.497 e. The van der Waals surface area contributed by atoms with Crippen molar-refractivity contribution in [2.75, 3.05) is 7.11 Å². The van der Waals surface area contributed by atoms with E-state index < -0.39 is 0 Å². The molecule has 0 amide bonds. The molecule has 6 nitrogen and oxygen atoms in total. The van der Waals surface area contributed by atoms with Crippen molar-refractivity contribution in [2.45, 2.75) is 39.0 Å². The second-order valence-corrected chi connectivity index (χ2v) is 8.98. The fraction of sp³-hybridized carbons (Fsp3) is 0.318. The molecule has 4 heterocycles. The second kappa shape index (κ2) is 6.64. The molecule has 0 spiro atoms. The number of hydrogen-bond acceptors (Lipinski definition) is 6. The molecule has 0 N–H and O–H groups in total. The Morgan fingerprint density at radius 1 is 1.28 bits per heavy atom. The molecule has 0 radical (unpaired) electrons. The zero-order chi connectivity index (χ0) is 20.2.